The second kappa shape index (κ2) is 4.59. The Labute approximate surface area is 89.4 Å². The van der Waals surface area contributed by atoms with Crippen LogP contribution < -0.4 is 27.7 Å². The molecule has 0 saturated carbocycles. The standard InChI is InChI=1S/C10H18N4O/c1-7-3-2-4-8(5-7)15-6-10(13,14)9(11)12/h2-5,9H,6,11-14H2,1H3. The topological polar surface area (TPSA) is 113 Å². The van der Waals surface area contributed by atoms with Crippen LogP contribution in [0.15, 0.2) is 24.3 Å². The number of ether oxygens (including phenoxy) is 1. The maximum Gasteiger partial charge on any atom is 0.127 e. The summed E-state index contributed by atoms with van der Waals surface area (Å²) in [6.07, 6.45) is -0.817. The van der Waals surface area contributed by atoms with E-state index < -0.39 is 11.8 Å². The Hall–Kier alpha value is -1.14. The van der Waals surface area contributed by atoms with Crippen molar-refractivity contribution in [1.29, 1.82) is 0 Å². The summed E-state index contributed by atoms with van der Waals surface area (Å²) in [7, 11) is 0. The SMILES string of the molecule is Cc1cccc(OCC(N)(N)C(N)N)c1. The number of rotatable bonds is 4. The van der Waals surface area contributed by atoms with Gasteiger partial charge in [-0.3, -0.25) is 0 Å². The molecule has 0 unspecified atom stereocenters. The van der Waals surface area contributed by atoms with Crippen molar-refractivity contribution in [1.82, 2.24) is 0 Å². The minimum absolute atomic E-state index is 0.0775. The summed E-state index contributed by atoms with van der Waals surface area (Å²) in [5, 5.41) is 0. The van der Waals surface area contributed by atoms with Gasteiger partial charge in [0.2, 0.25) is 0 Å². The minimum Gasteiger partial charge on any atom is -0.490 e. The van der Waals surface area contributed by atoms with Crippen molar-refractivity contribution in [2.24, 2.45) is 22.9 Å². The summed E-state index contributed by atoms with van der Waals surface area (Å²) < 4.78 is 5.40. The van der Waals surface area contributed by atoms with E-state index in [1.807, 2.05) is 31.2 Å². The molecule has 0 fully saturated rings. The largest absolute Gasteiger partial charge is 0.490 e. The molecule has 0 saturated heterocycles. The summed E-state index contributed by atoms with van der Waals surface area (Å²) in [6.45, 7) is 2.05. The van der Waals surface area contributed by atoms with Crippen molar-refractivity contribution in [3.8, 4) is 5.75 Å². The van der Waals surface area contributed by atoms with Gasteiger partial charge in [0, 0.05) is 0 Å². The van der Waals surface area contributed by atoms with Gasteiger partial charge in [-0.05, 0) is 24.6 Å². The molecule has 5 nitrogen and oxygen atoms in total. The number of benzene rings is 1. The van der Waals surface area contributed by atoms with Crippen LogP contribution in [0.2, 0.25) is 0 Å². The Balaban J connectivity index is 2.57. The van der Waals surface area contributed by atoms with Crippen LogP contribution in [0.5, 0.6) is 5.75 Å². The summed E-state index contributed by atoms with van der Waals surface area (Å²) in [5.41, 5.74) is 22.0. The first-order valence-electron chi connectivity index (χ1n) is 4.70. The van der Waals surface area contributed by atoms with E-state index in [-0.39, 0.29) is 6.61 Å². The predicted molar refractivity (Wildman–Crippen MR) is 59.9 cm³/mol. The molecule has 1 aromatic carbocycles. The van der Waals surface area contributed by atoms with E-state index in [2.05, 4.69) is 0 Å². The Morgan fingerprint density at radius 1 is 1.33 bits per heavy atom. The third-order valence-electron chi connectivity index (χ3n) is 2.10. The molecule has 0 atom stereocenters. The normalized spacial score (nSPS) is 11.9. The molecule has 0 amide bonds. The Kier molecular flexibility index (Phi) is 3.65. The first-order valence-corrected chi connectivity index (χ1v) is 4.70. The summed E-state index contributed by atoms with van der Waals surface area (Å²) in [5.74, 6) is 0.705. The first kappa shape index (κ1) is 11.9. The molecule has 1 rings (SSSR count). The molecule has 0 aliphatic rings. The number of hydrogen-bond donors (Lipinski definition) is 4. The fourth-order valence-electron chi connectivity index (χ4n) is 1.01. The van der Waals surface area contributed by atoms with E-state index in [4.69, 9.17) is 27.7 Å². The average molecular weight is 210 g/mol. The van der Waals surface area contributed by atoms with Gasteiger partial charge in [0.05, 0.1) is 6.17 Å². The van der Waals surface area contributed by atoms with Crippen molar-refractivity contribution < 1.29 is 4.74 Å². The highest BCUT2D eigenvalue weighted by Crippen LogP contribution is 2.13. The van der Waals surface area contributed by atoms with Crippen LogP contribution in [0.1, 0.15) is 5.56 Å². The lowest BCUT2D eigenvalue weighted by atomic mass is 10.1. The zero-order chi connectivity index (χ0) is 11.5. The molecular formula is C10H18N4O. The van der Waals surface area contributed by atoms with Gasteiger partial charge in [-0.1, -0.05) is 12.1 Å². The van der Waals surface area contributed by atoms with E-state index in [1.54, 1.807) is 0 Å². The van der Waals surface area contributed by atoms with Crippen LogP contribution in [0.25, 0.3) is 0 Å². The smallest absolute Gasteiger partial charge is 0.127 e. The third-order valence-corrected chi connectivity index (χ3v) is 2.10. The Bertz CT molecular complexity index is 325. The second-order valence-electron chi connectivity index (χ2n) is 3.74. The van der Waals surface area contributed by atoms with Crippen molar-refractivity contribution >= 4 is 0 Å². The number of nitrogens with two attached hydrogens (primary N) is 4. The second-order valence-corrected chi connectivity index (χ2v) is 3.74. The van der Waals surface area contributed by atoms with E-state index in [0.717, 1.165) is 5.56 Å². The predicted octanol–water partition coefficient (Wildman–Crippen LogP) is -0.769. The van der Waals surface area contributed by atoms with Crippen molar-refractivity contribution in [2.45, 2.75) is 18.8 Å². The molecule has 8 N–H and O–H groups in total. The minimum atomic E-state index is -1.22. The number of hydrogen-bond acceptors (Lipinski definition) is 5. The molecule has 0 aliphatic heterocycles. The zero-order valence-electron chi connectivity index (χ0n) is 8.81. The zero-order valence-corrected chi connectivity index (χ0v) is 8.81. The molecule has 0 bridgehead atoms. The van der Waals surface area contributed by atoms with E-state index >= 15 is 0 Å². The van der Waals surface area contributed by atoms with Gasteiger partial charge < -0.3 is 27.7 Å². The van der Waals surface area contributed by atoms with Crippen LogP contribution in [-0.4, -0.2) is 18.4 Å². The molecule has 5 heteroatoms. The van der Waals surface area contributed by atoms with Crippen LogP contribution in [0, 0.1) is 6.92 Å². The maximum atomic E-state index is 5.65. The maximum absolute atomic E-state index is 5.65. The first-order chi connectivity index (χ1) is 6.92. The molecule has 0 aliphatic carbocycles. The van der Waals surface area contributed by atoms with Gasteiger partial charge in [0.25, 0.3) is 0 Å². The summed E-state index contributed by atoms with van der Waals surface area (Å²) >= 11 is 0. The monoisotopic (exact) mass is 210 g/mol. The molecule has 0 aromatic heterocycles. The highest BCUT2D eigenvalue weighted by molar-refractivity contribution is 5.27. The van der Waals surface area contributed by atoms with Gasteiger partial charge in [0.1, 0.15) is 18.0 Å². The molecule has 0 heterocycles. The lowest BCUT2D eigenvalue weighted by Gasteiger charge is -2.28. The summed E-state index contributed by atoms with van der Waals surface area (Å²) in [6, 6.07) is 7.57. The van der Waals surface area contributed by atoms with Crippen molar-refractivity contribution in [3.63, 3.8) is 0 Å². The van der Waals surface area contributed by atoms with Crippen LogP contribution >= 0.6 is 0 Å². The van der Waals surface area contributed by atoms with E-state index in [1.165, 1.54) is 0 Å². The van der Waals surface area contributed by atoms with Crippen molar-refractivity contribution in [2.75, 3.05) is 6.61 Å². The molecular weight excluding hydrogens is 192 g/mol. The van der Waals surface area contributed by atoms with Gasteiger partial charge in [0.15, 0.2) is 0 Å². The lowest BCUT2D eigenvalue weighted by molar-refractivity contribution is 0.196. The average Bonchev–Trinajstić information content (AvgIpc) is 2.15. The quantitative estimate of drug-likeness (QED) is 0.487. The molecule has 1 aromatic rings. The van der Waals surface area contributed by atoms with E-state index in [0.29, 0.717) is 5.75 Å². The van der Waals surface area contributed by atoms with Gasteiger partial charge in [-0.2, -0.15) is 0 Å². The Morgan fingerprint density at radius 3 is 2.53 bits per heavy atom. The highest BCUT2D eigenvalue weighted by Gasteiger charge is 2.25. The summed E-state index contributed by atoms with van der Waals surface area (Å²) in [4.78, 5) is 0. The van der Waals surface area contributed by atoms with Crippen LogP contribution in [0.4, 0.5) is 0 Å². The van der Waals surface area contributed by atoms with Crippen molar-refractivity contribution in [3.05, 3.63) is 29.8 Å². The molecule has 84 valence electrons. The third kappa shape index (κ3) is 3.49. The van der Waals surface area contributed by atoms with Gasteiger partial charge >= 0.3 is 0 Å². The fraction of sp³-hybridized carbons (Fsp3) is 0.400. The van der Waals surface area contributed by atoms with E-state index in [9.17, 15) is 0 Å². The molecule has 0 radical (unpaired) electrons. The van der Waals surface area contributed by atoms with Crippen LogP contribution in [0.3, 0.4) is 0 Å². The fourth-order valence-corrected chi connectivity index (χ4v) is 1.01. The lowest BCUT2D eigenvalue weighted by Crippen LogP contribution is -2.69. The van der Waals surface area contributed by atoms with Crippen LogP contribution in [-0.2, 0) is 0 Å². The Morgan fingerprint density at radius 2 is 2.00 bits per heavy atom. The highest BCUT2D eigenvalue weighted by atomic mass is 16.5. The van der Waals surface area contributed by atoms with Gasteiger partial charge in [-0.15, -0.1) is 0 Å². The van der Waals surface area contributed by atoms with Gasteiger partial charge in [-0.25, -0.2) is 0 Å². The molecule has 15 heavy (non-hydrogen) atoms. The number of aryl methyl sites for hydroxylation is 1. The molecule has 0 spiro atoms.